The third kappa shape index (κ3) is 4.17. The number of nitrogens with zero attached hydrogens (tertiary/aromatic N) is 2. The molecule has 2 aromatic heterocycles. The molecular weight excluding hydrogens is 363 g/mol. The summed E-state index contributed by atoms with van der Waals surface area (Å²) in [5, 5.41) is 2.82. The zero-order chi connectivity index (χ0) is 18.6. The number of carbonyl (C=O) groups excluding carboxylic acids is 1. The molecule has 0 spiro atoms. The van der Waals surface area contributed by atoms with Crippen molar-refractivity contribution in [3.63, 3.8) is 0 Å². The predicted molar refractivity (Wildman–Crippen MR) is 103 cm³/mol. The highest BCUT2D eigenvalue weighted by Gasteiger charge is 2.09. The van der Waals surface area contributed by atoms with E-state index in [-0.39, 0.29) is 18.0 Å². The van der Waals surface area contributed by atoms with E-state index < -0.39 is 0 Å². The molecule has 0 saturated carbocycles. The summed E-state index contributed by atoms with van der Waals surface area (Å²) in [6.07, 6.45) is 2.09. The highest BCUT2D eigenvalue weighted by molar-refractivity contribution is 7.16. The lowest BCUT2D eigenvalue weighted by atomic mass is 10.0. The van der Waals surface area contributed by atoms with Crippen molar-refractivity contribution in [1.82, 2.24) is 9.97 Å². The maximum atomic E-state index is 12.9. The fourth-order valence-corrected chi connectivity index (χ4v) is 3.48. The molecule has 0 radical (unpaired) electrons. The zero-order valence-electron chi connectivity index (χ0n) is 14.3. The molecule has 0 amide bonds. The Morgan fingerprint density at radius 2 is 1.59 bits per heavy atom. The zero-order valence-corrected chi connectivity index (χ0v) is 15.1. The van der Waals surface area contributed by atoms with Crippen LogP contribution < -0.4 is 4.74 Å². The predicted octanol–water partition coefficient (Wildman–Crippen LogP) is 4.98. The molecule has 0 saturated heterocycles. The molecule has 27 heavy (non-hydrogen) atoms. The van der Waals surface area contributed by atoms with Gasteiger partial charge in [0.15, 0.2) is 0 Å². The molecule has 4 aromatic rings. The van der Waals surface area contributed by atoms with E-state index in [1.54, 1.807) is 12.1 Å². The molecule has 0 aliphatic rings. The maximum Gasteiger partial charge on any atom is 0.231 e. The Hall–Kier alpha value is -3.12. The second-order valence-electron chi connectivity index (χ2n) is 6.08. The summed E-state index contributed by atoms with van der Waals surface area (Å²) < 4.78 is 18.8. The number of fused-ring (bicyclic) bond motifs is 1. The van der Waals surface area contributed by atoms with Crippen molar-refractivity contribution in [2.45, 2.75) is 12.8 Å². The molecule has 0 N–H and O–H groups in total. The molecule has 4 nitrogen and oxygen atoms in total. The fourth-order valence-electron chi connectivity index (χ4n) is 2.76. The monoisotopic (exact) mass is 378 g/mol. The van der Waals surface area contributed by atoms with Gasteiger partial charge in [0.1, 0.15) is 28.5 Å². The minimum atomic E-state index is -0.301. The van der Waals surface area contributed by atoms with Crippen molar-refractivity contribution >= 4 is 27.3 Å². The Morgan fingerprint density at radius 3 is 2.30 bits per heavy atom. The summed E-state index contributed by atoms with van der Waals surface area (Å²) in [5.41, 5.74) is 1.71. The van der Waals surface area contributed by atoms with Crippen LogP contribution in [-0.4, -0.2) is 15.8 Å². The van der Waals surface area contributed by atoms with E-state index in [1.165, 1.54) is 29.8 Å². The molecule has 0 fully saturated rings. The van der Waals surface area contributed by atoms with Gasteiger partial charge in [-0.05, 0) is 46.8 Å². The van der Waals surface area contributed by atoms with Crippen molar-refractivity contribution in [2.24, 2.45) is 0 Å². The van der Waals surface area contributed by atoms with Crippen LogP contribution in [0.2, 0.25) is 0 Å². The van der Waals surface area contributed by atoms with Crippen LogP contribution in [0.1, 0.15) is 11.1 Å². The quantitative estimate of drug-likeness (QED) is 0.475. The lowest BCUT2D eigenvalue weighted by molar-refractivity contribution is -0.117. The van der Waals surface area contributed by atoms with Crippen molar-refractivity contribution in [2.75, 3.05) is 0 Å². The standard InChI is InChI=1S/C21H15FN2O2S/c22-16-5-1-14(2-6-16)11-17(25)12-15-3-7-18(8-4-15)26-20-19-9-10-27-21(19)24-13-23-20/h1-10,13H,11-12H2. The molecule has 2 aromatic carbocycles. The van der Waals surface area contributed by atoms with E-state index in [2.05, 4.69) is 9.97 Å². The van der Waals surface area contributed by atoms with Gasteiger partial charge in [0.2, 0.25) is 5.88 Å². The van der Waals surface area contributed by atoms with Crippen LogP contribution in [0.5, 0.6) is 11.6 Å². The van der Waals surface area contributed by atoms with Crippen LogP contribution in [0.4, 0.5) is 4.39 Å². The van der Waals surface area contributed by atoms with Gasteiger partial charge in [-0.25, -0.2) is 14.4 Å². The molecule has 0 bridgehead atoms. The van der Waals surface area contributed by atoms with E-state index in [0.717, 1.165) is 21.3 Å². The largest absolute Gasteiger partial charge is 0.438 e. The van der Waals surface area contributed by atoms with Gasteiger partial charge in [-0.15, -0.1) is 11.3 Å². The molecule has 134 valence electrons. The SMILES string of the molecule is O=C(Cc1ccc(F)cc1)Cc1ccc(Oc2ncnc3sccc23)cc1. The fraction of sp³-hybridized carbons (Fsp3) is 0.0952. The molecule has 6 heteroatoms. The van der Waals surface area contributed by atoms with E-state index in [0.29, 0.717) is 18.1 Å². The summed E-state index contributed by atoms with van der Waals surface area (Å²) in [6, 6.07) is 15.3. The van der Waals surface area contributed by atoms with E-state index >= 15 is 0 Å². The van der Waals surface area contributed by atoms with Gasteiger partial charge < -0.3 is 4.74 Å². The summed E-state index contributed by atoms with van der Waals surface area (Å²) in [5.74, 6) is 0.939. The van der Waals surface area contributed by atoms with Crippen LogP contribution in [0.3, 0.4) is 0 Å². The first-order chi connectivity index (χ1) is 13.2. The number of thiophene rings is 1. The number of hydrogen-bond donors (Lipinski definition) is 0. The van der Waals surface area contributed by atoms with Gasteiger partial charge in [0.05, 0.1) is 5.39 Å². The number of rotatable bonds is 6. The number of hydrogen-bond acceptors (Lipinski definition) is 5. The summed E-state index contributed by atoms with van der Waals surface area (Å²) in [6.45, 7) is 0. The first-order valence-electron chi connectivity index (χ1n) is 8.38. The highest BCUT2D eigenvalue weighted by atomic mass is 32.1. The topological polar surface area (TPSA) is 52.1 Å². The molecule has 0 aliphatic carbocycles. The molecular formula is C21H15FN2O2S. The molecule has 4 rings (SSSR count). The summed E-state index contributed by atoms with van der Waals surface area (Å²) in [7, 11) is 0. The first kappa shape index (κ1) is 17.3. The van der Waals surface area contributed by atoms with Crippen LogP contribution >= 0.6 is 11.3 Å². The number of aromatic nitrogens is 2. The summed E-state index contributed by atoms with van der Waals surface area (Å²) in [4.78, 5) is 21.5. The Bertz CT molecular complexity index is 1080. The summed E-state index contributed by atoms with van der Waals surface area (Å²) >= 11 is 1.53. The average molecular weight is 378 g/mol. The van der Waals surface area contributed by atoms with Crippen LogP contribution in [0.25, 0.3) is 10.2 Å². The molecule has 0 unspecified atom stereocenters. The average Bonchev–Trinajstić information content (AvgIpc) is 3.15. The molecule has 2 heterocycles. The minimum absolute atomic E-state index is 0.0751. The second kappa shape index (κ2) is 7.63. The van der Waals surface area contributed by atoms with Crippen LogP contribution in [0, 0.1) is 5.82 Å². The highest BCUT2D eigenvalue weighted by Crippen LogP contribution is 2.29. The molecule has 0 aliphatic heterocycles. The van der Waals surface area contributed by atoms with E-state index in [9.17, 15) is 9.18 Å². The first-order valence-corrected chi connectivity index (χ1v) is 9.26. The van der Waals surface area contributed by atoms with Crippen molar-refractivity contribution in [3.8, 4) is 11.6 Å². The van der Waals surface area contributed by atoms with Gasteiger partial charge in [-0.1, -0.05) is 24.3 Å². The van der Waals surface area contributed by atoms with Gasteiger partial charge in [0, 0.05) is 12.8 Å². The number of carbonyl (C=O) groups is 1. The maximum absolute atomic E-state index is 12.9. The second-order valence-corrected chi connectivity index (χ2v) is 6.98. The van der Waals surface area contributed by atoms with Crippen molar-refractivity contribution < 1.29 is 13.9 Å². The van der Waals surface area contributed by atoms with E-state index in [1.807, 2.05) is 35.7 Å². The van der Waals surface area contributed by atoms with E-state index in [4.69, 9.17) is 4.74 Å². The number of ether oxygens (including phenoxy) is 1. The van der Waals surface area contributed by atoms with Crippen LogP contribution in [-0.2, 0) is 17.6 Å². The lowest BCUT2D eigenvalue weighted by Gasteiger charge is -2.07. The number of benzene rings is 2. The lowest BCUT2D eigenvalue weighted by Crippen LogP contribution is -2.06. The Labute approximate surface area is 159 Å². The van der Waals surface area contributed by atoms with Gasteiger partial charge in [-0.2, -0.15) is 0 Å². The molecule has 0 atom stereocenters. The smallest absolute Gasteiger partial charge is 0.231 e. The third-order valence-corrected chi connectivity index (χ3v) is 4.90. The Morgan fingerprint density at radius 1 is 0.926 bits per heavy atom. The normalized spacial score (nSPS) is 10.9. The van der Waals surface area contributed by atoms with Gasteiger partial charge in [-0.3, -0.25) is 4.79 Å². The van der Waals surface area contributed by atoms with Gasteiger partial charge >= 0.3 is 0 Å². The van der Waals surface area contributed by atoms with Crippen molar-refractivity contribution in [3.05, 3.63) is 83.2 Å². The Kier molecular flexibility index (Phi) is 4.89. The van der Waals surface area contributed by atoms with Crippen molar-refractivity contribution in [1.29, 1.82) is 0 Å². The minimum Gasteiger partial charge on any atom is -0.438 e. The number of ketones is 1. The van der Waals surface area contributed by atoms with Gasteiger partial charge in [0.25, 0.3) is 0 Å². The van der Waals surface area contributed by atoms with Crippen LogP contribution in [0.15, 0.2) is 66.3 Å². The number of halogens is 1. The third-order valence-electron chi connectivity index (χ3n) is 4.08. The number of Topliss-reactive ketones (excluding diaryl/α,β-unsaturated/α-hetero) is 1. The Balaban J connectivity index is 1.40.